The van der Waals surface area contributed by atoms with Gasteiger partial charge >= 0.3 is 0 Å². The van der Waals surface area contributed by atoms with Crippen molar-refractivity contribution in [2.24, 2.45) is 5.92 Å². The Labute approximate surface area is 116 Å². The van der Waals surface area contributed by atoms with Crippen molar-refractivity contribution in [3.05, 3.63) is 5.01 Å². The fraction of sp³-hybridized carbons (Fsp3) is 0.667. The Bertz CT molecular complexity index is 450. The van der Waals surface area contributed by atoms with Gasteiger partial charge in [0.1, 0.15) is 5.01 Å². The van der Waals surface area contributed by atoms with Gasteiger partial charge in [-0.05, 0) is 12.8 Å². The zero-order valence-corrected chi connectivity index (χ0v) is 11.8. The van der Waals surface area contributed by atoms with Gasteiger partial charge in [0.15, 0.2) is 0 Å². The molecule has 2 rings (SSSR count). The normalized spacial score (nSPS) is 19.0. The molecule has 0 spiro atoms. The first-order valence-electron chi connectivity index (χ1n) is 6.59. The maximum Gasteiger partial charge on any atom is 0.231 e. The van der Waals surface area contributed by atoms with Gasteiger partial charge in [0.2, 0.25) is 16.9 Å². The number of aryl methyl sites for hydroxylation is 1. The van der Waals surface area contributed by atoms with Crippen molar-refractivity contribution < 1.29 is 9.59 Å². The molecule has 2 N–H and O–H groups in total. The summed E-state index contributed by atoms with van der Waals surface area (Å²) in [6, 6.07) is 0. The maximum absolute atomic E-state index is 12.0. The van der Waals surface area contributed by atoms with Crippen molar-refractivity contribution in [2.75, 3.05) is 11.9 Å². The lowest BCUT2D eigenvalue weighted by atomic mass is 9.98. The highest BCUT2D eigenvalue weighted by Gasteiger charge is 2.25. The third-order valence-electron chi connectivity index (χ3n) is 3.08. The first-order chi connectivity index (χ1) is 9.19. The highest BCUT2D eigenvalue weighted by Crippen LogP contribution is 2.19. The van der Waals surface area contributed by atoms with E-state index in [4.69, 9.17) is 0 Å². The van der Waals surface area contributed by atoms with Crippen molar-refractivity contribution in [1.82, 2.24) is 15.5 Å². The number of rotatable bonds is 5. The van der Waals surface area contributed by atoms with E-state index in [0.717, 1.165) is 24.3 Å². The highest BCUT2D eigenvalue weighted by molar-refractivity contribution is 7.15. The van der Waals surface area contributed by atoms with Crippen molar-refractivity contribution in [3.8, 4) is 0 Å². The van der Waals surface area contributed by atoms with Crippen LogP contribution in [0.5, 0.6) is 0 Å². The van der Waals surface area contributed by atoms with Crippen LogP contribution in [-0.2, 0) is 16.0 Å². The Hall–Kier alpha value is -1.50. The molecule has 1 aromatic rings. The number of anilines is 1. The van der Waals surface area contributed by atoms with E-state index >= 15 is 0 Å². The predicted molar refractivity (Wildman–Crippen MR) is 72.9 cm³/mol. The van der Waals surface area contributed by atoms with E-state index in [-0.39, 0.29) is 17.7 Å². The summed E-state index contributed by atoms with van der Waals surface area (Å²) in [5.74, 6) is -0.235. The first kappa shape index (κ1) is 13.9. The van der Waals surface area contributed by atoms with Gasteiger partial charge in [-0.25, -0.2) is 0 Å². The van der Waals surface area contributed by atoms with Gasteiger partial charge in [-0.3, -0.25) is 9.59 Å². The summed E-state index contributed by atoms with van der Waals surface area (Å²) >= 11 is 1.42. The van der Waals surface area contributed by atoms with Gasteiger partial charge < -0.3 is 10.6 Å². The molecule has 0 radical (unpaired) electrons. The topological polar surface area (TPSA) is 84.0 Å². The second kappa shape index (κ2) is 6.60. The Morgan fingerprint density at radius 2 is 2.37 bits per heavy atom. The fourth-order valence-corrected chi connectivity index (χ4v) is 2.68. The molecule has 0 aromatic carbocycles. The quantitative estimate of drug-likeness (QED) is 0.853. The van der Waals surface area contributed by atoms with Gasteiger partial charge in [0, 0.05) is 19.4 Å². The average molecular weight is 282 g/mol. The number of carbonyl (C=O) groups is 2. The van der Waals surface area contributed by atoms with Gasteiger partial charge in [-0.1, -0.05) is 24.7 Å². The van der Waals surface area contributed by atoms with Crippen LogP contribution in [-0.4, -0.2) is 28.6 Å². The second-order valence-electron chi connectivity index (χ2n) is 4.63. The van der Waals surface area contributed by atoms with Crippen molar-refractivity contribution in [3.63, 3.8) is 0 Å². The summed E-state index contributed by atoms with van der Waals surface area (Å²) in [5, 5.41) is 15.0. The molecule has 7 heteroatoms. The zero-order valence-electron chi connectivity index (χ0n) is 10.9. The predicted octanol–water partition coefficient (Wildman–Crippen LogP) is 1.35. The number of hydrogen-bond donors (Lipinski definition) is 2. The third kappa shape index (κ3) is 3.99. The summed E-state index contributed by atoms with van der Waals surface area (Å²) in [6.45, 7) is 2.53. The molecule has 6 nitrogen and oxygen atoms in total. The van der Waals surface area contributed by atoms with E-state index in [0.29, 0.717) is 24.5 Å². The lowest BCUT2D eigenvalue weighted by Crippen LogP contribution is -2.40. The van der Waals surface area contributed by atoms with Crippen LogP contribution in [0.2, 0.25) is 0 Å². The van der Waals surface area contributed by atoms with Gasteiger partial charge in [-0.2, -0.15) is 0 Å². The number of nitrogens with one attached hydrogen (secondary N) is 2. The number of piperidine rings is 1. The van der Waals surface area contributed by atoms with E-state index in [9.17, 15) is 9.59 Å². The van der Waals surface area contributed by atoms with Crippen molar-refractivity contribution >= 4 is 28.3 Å². The van der Waals surface area contributed by atoms with E-state index < -0.39 is 0 Å². The number of nitrogens with zero attached hydrogens (tertiary/aromatic N) is 2. The second-order valence-corrected chi connectivity index (χ2v) is 5.70. The van der Waals surface area contributed by atoms with E-state index in [1.54, 1.807) is 0 Å². The molecule has 2 heterocycles. The fourth-order valence-electron chi connectivity index (χ4n) is 1.90. The molecule has 0 bridgehead atoms. The average Bonchev–Trinajstić information content (AvgIpc) is 2.84. The molecule has 1 fully saturated rings. The van der Waals surface area contributed by atoms with Gasteiger partial charge in [0.05, 0.1) is 5.92 Å². The molecule has 0 aliphatic carbocycles. The molecule has 1 saturated heterocycles. The lowest BCUT2D eigenvalue weighted by Gasteiger charge is -2.20. The largest absolute Gasteiger partial charge is 0.355 e. The number of carbonyl (C=O) groups excluding carboxylic acids is 2. The Balaban J connectivity index is 1.84. The molecule has 1 aromatic heterocycles. The summed E-state index contributed by atoms with van der Waals surface area (Å²) in [4.78, 5) is 23.0. The molecule has 104 valence electrons. The summed E-state index contributed by atoms with van der Waals surface area (Å²) in [7, 11) is 0. The van der Waals surface area contributed by atoms with Crippen LogP contribution < -0.4 is 10.6 Å². The maximum atomic E-state index is 12.0. The minimum absolute atomic E-state index is 0.0156. The monoisotopic (exact) mass is 282 g/mol. The smallest absolute Gasteiger partial charge is 0.231 e. The zero-order chi connectivity index (χ0) is 13.7. The lowest BCUT2D eigenvalue weighted by molar-refractivity contribution is -0.126. The summed E-state index contributed by atoms with van der Waals surface area (Å²) < 4.78 is 0. The molecule has 1 aliphatic heterocycles. The molecule has 1 atom stereocenters. The van der Waals surface area contributed by atoms with Crippen LogP contribution in [0.1, 0.15) is 37.6 Å². The SMILES string of the molecule is CCCCc1nnc(NC(=O)C2CCC(=O)NC2)s1. The number of unbranched alkanes of at least 4 members (excludes halogenated alkanes) is 1. The summed E-state index contributed by atoms with van der Waals surface area (Å²) in [5.41, 5.74) is 0. The molecular formula is C12H18N4O2S. The van der Waals surface area contributed by atoms with Crippen LogP contribution in [0.25, 0.3) is 0 Å². The standard InChI is InChI=1S/C12H18N4O2S/c1-2-3-4-10-15-16-12(19-10)14-11(18)8-5-6-9(17)13-7-8/h8H,2-7H2,1H3,(H,13,17)(H,14,16,18). The van der Waals surface area contributed by atoms with Crippen LogP contribution in [0.15, 0.2) is 0 Å². The third-order valence-corrected chi connectivity index (χ3v) is 3.98. The number of amides is 2. The minimum Gasteiger partial charge on any atom is -0.355 e. The first-order valence-corrected chi connectivity index (χ1v) is 7.40. The van der Waals surface area contributed by atoms with Crippen molar-refractivity contribution in [1.29, 1.82) is 0 Å². The molecule has 0 saturated carbocycles. The van der Waals surface area contributed by atoms with E-state index in [1.807, 2.05) is 0 Å². The van der Waals surface area contributed by atoms with Gasteiger partial charge in [-0.15, -0.1) is 10.2 Å². The Morgan fingerprint density at radius 3 is 3.05 bits per heavy atom. The van der Waals surface area contributed by atoms with E-state index in [2.05, 4.69) is 27.8 Å². The number of hydrogen-bond acceptors (Lipinski definition) is 5. The molecule has 2 amide bonds. The van der Waals surface area contributed by atoms with E-state index in [1.165, 1.54) is 11.3 Å². The van der Waals surface area contributed by atoms with Crippen molar-refractivity contribution in [2.45, 2.75) is 39.0 Å². The number of aromatic nitrogens is 2. The molecular weight excluding hydrogens is 264 g/mol. The van der Waals surface area contributed by atoms with Crippen LogP contribution in [0.4, 0.5) is 5.13 Å². The Morgan fingerprint density at radius 1 is 1.53 bits per heavy atom. The Kier molecular flexibility index (Phi) is 4.84. The van der Waals surface area contributed by atoms with Crippen LogP contribution in [0, 0.1) is 5.92 Å². The molecule has 19 heavy (non-hydrogen) atoms. The van der Waals surface area contributed by atoms with Gasteiger partial charge in [0.25, 0.3) is 0 Å². The summed E-state index contributed by atoms with van der Waals surface area (Å²) in [6.07, 6.45) is 4.11. The van der Waals surface area contributed by atoms with Crippen LogP contribution in [0.3, 0.4) is 0 Å². The highest BCUT2D eigenvalue weighted by atomic mass is 32.1. The molecule has 1 aliphatic rings. The minimum atomic E-state index is -0.166. The van der Waals surface area contributed by atoms with Crippen LogP contribution >= 0.6 is 11.3 Å². The molecule has 1 unspecified atom stereocenters.